The Kier molecular flexibility index (Phi) is 17.7. The van der Waals surface area contributed by atoms with Gasteiger partial charge in [0.2, 0.25) is 23.7 Å². The highest BCUT2D eigenvalue weighted by molar-refractivity contribution is 7.41. The Morgan fingerprint density at radius 3 is 1.69 bits per heavy atom. The zero-order chi connectivity index (χ0) is 56.7. The van der Waals surface area contributed by atoms with E-state index >= 15 is 0 Å². The minimum absolute atomic E-state index is 0.0114. The van der Waals surface area contributed by atoms with E-state index in [-0.39, 0.29) is 85.1 Å². The molecule has 0 radical (unpaired) electrons. The number of benzene rings is 3. The minimum Gasteiger partial charge on any atom is -0.497 e. The topological polar surface area (TPSA) is 309 Å². The summed E-state index contributed by atoms with van der Waals surface area (Å²) in [5.74, 6) is -1.08. The van der Waals surface area contributed by atoms with Crippen molar-refractivity contribution in [1.82, 2.24) is 39.0 Å². The third-order valence-electron chi connectivity index (χ3n) is 13.3. The zero-order valence-electron chi connectivity index (χ0n) is 44.8. The first-order valence-electron chi connectivity index (χ1n) is 25.7. The van der Waals surface area contributed by atoms with Crippen LogP contribution in [0.5, 0.6) is 11.5 Å². The second kappa shape index (κ2) is 25.0. The van der Waals surface area contributed by atoms with Gasteiger partial charge in [0.1, 0.15) is 47.9 Å². The van der Waals surface area contributed by atoms with Crippen LogP contribution < -0.4 is 31.2 Å². The second-order valence-electron chi connectivity index (χ2n) is 19.4. The number of carbonyl (C=O) groups excluding carboxylic acids is 3. The average Bonchev–Trinajstić information content (AvgIpc) is 4.34. The molecule has 0 spiro atoms. The van der Waals surface area contributed by atoms with E-state index in [2.05, 4.69) is 46.6 Å². The summed E-state index contributed by atoms with van der Waals surface area (Å²) in [6.07, 6.45) is -2.58. The van der Waals surface area contributed by atoms with Crippen LogP contribution in [0.4, 0.5) is 11.9 Å². The number of methoxy groups -OCH3 is 2. The van der Waals surface area contributed by atoms with Gasteiger partial charge in [0.05, 0.1) is 65.3 Å². The molecule has 0 aliphatic carbocycles. The van der Waals surface area contributed by atoms with Crippen LogP contribution in [-0.4, -0.2) is 115 Å². The predicted octanol–water partition coefficient (Wildman–Crippen LogP) is 6.53. The van der Waals surface area contributed by atoms with E-state index < -0.39 is 80.0 Å². The van der Waals surface area contributed by atoms with E-state index in [0.717, 1.165) is 16.7 Å². The van der Waals surface area contributed by atoms with Crippen LogP contribution in [0.3, 0.4) is 0 Å². The van der Waals surface area contributed by atoms with Crippen LogP contribution in [0, 0.1) is 23.2 Å². The number of nitrogens with one attached hydrogen (secondary N) is 4. The number of fused-ring (bicyclic) bond motifs is 2. The molecule has 2 amide bonds. The number of esters is 1. The number of aromatic amines is 2. The number of nitrogens with zero attached hydrogens (tertiary/aromatic N) is 7. The molecule has 2 fully saturated rings. The van der Waals surface area contributed by atoms with Crippen molar-refractivity contribution >= 4 is 60.6 Å². The largest absolute Gasteiger partial charge is 0.497 e. The molecule has 25 nitrogen and oxygen atoms in total. The fourth-order valence-corrected chi connectivity index (χ4v) is 10.3. The number of ether oxygens (including phenoxy) is 6. The third kappa shape index (κ3) is 12.4. The minimum atomic E-state index is -2.39. The Morgan fingerprint density at radius 1 is 0.725 bits per heavy atom. The molecule has 26 heteroatoms. The van der Waals surface area contributed by atoms with Crippen LogP contribution >= 0.6 is 8.60 Å². The summed E-state index contributed by atoms with van der Waals surface area (Å²) in [5, 5.41) is 14.9. The monoisotopic (exact) mass is 1120 g/mol. The summed E-state index contributed by atoms with van der Waals surface area (Å²) in [7, 11) is 0.780. The van der Waals surface area contributed by atoms with Crippen LogP contribution in [0.1, 0.15) is 83.0 Å². The quantitative estimate of drug-likeness (QED) is 0.0229. The summed E-state index contributed by atoms with van der Waals surface area (Å²) in [6, 6.07) is 26.8. The standard InChI is InChI=1S/C54H60N11O14P/c1-30(2)48(67)60-52-58-46-44(50(69)62-52)56-28-64(46)42-24-38(76-32(5)66)41(78-42)27-75-80(74-23-11-22-55)79-39-25-43(65-29-57-45-47(65)59-53(63-51(45)70)61-49(68)31(3)4)77-40(39)26-73-54(33-12-9-8-10-13-33,34-14-18-36(71-6)19-15-34)35-16-20-37(72-7)21-17-35/h8-10,12-21,28-31,38-43H,11,23-27H2,1-7H3,(H2,58,60,62,67,69)(H2,59,61,63,68,70)/t38-,39-,40+,41+,42+,43+,80?/m0/s1. The van der Waals surface area contributed by atoms with Crippen molar-refractivity contribution in [2.45, 2.75) is 96.4 Å². The van der Waals surface area contributed by atoms with Crippen LogP contribution in [0.2, 0.25) is 0 Å². The lowest BCUT2D eigenvalue weighted by Gasteiger charge is -2.37. The Bertz CT molecular complexity index is 3430. The lowest BCUT2D eigenvalue weighted by Crippen LogP contribution is -2.38. The summed E-state index contributed by atoms with van der Waals surface area (Å²) in [5.41, 5.74) is -0.0405. The molecule has 0 bridgehead atoms. The first-order chi connectivity index (χ1) is 38.6. The smallest absolute Gasteiger partial charge is 0.333 e. The number of carbonyl (C=O) groups is 3. The van der Waals surface area contributed by atoms with Gasteiger partial charge in [0, 0.05) is 31.6 Å². The van der Waals surface area contributed by atoms with Gasteiger partial charge in [-0.1, -0.05) is 82.3 Å². The van der Waals surface area contributed by atoms with Crippen molar-refractivity contribution in [3.63, 3.8) is 0 Å². The first kappa shape index (κ1) is 56.8. The van der Waals surface area contributed by atoms with E-state index in [0.29, 0.717) is 11.5 Å². The number of anilines is 2. The van der Waals surface area contributed by atoms with E-state index in [1.807, 2.05) is 78.9 Å². The van der Waals surface area contributed by atoms with Gasteiger partial charge in [-0.05, 0) is 41.0 Å². The molecule has 420 valence electrons. The van der Waals surface area contributed by atoms with Gasteiger partial charge in [-0.2, -0.15) is 15.2 Å². The average molecular weight is 1120 g/mol. The Labute approximate surface area is 459 Å². The maximum Gasteiger partial charge on any atom is 0.333 e. The van der Waals surface area contributed by atoms with Crippen LogP contribution in [0.25, 0.3) is 22.3 Å². The summed E-state index contributed by atoms with van der Waals surface area (Å²) in [6.45, 7) is 7.55. The van der Waals surface area contributed by atoms with E-state index in [9.17, 15) is 29.2 Å². The number of hydrogen-bond acceptors (Lipinski definition) is 19. The highest BCUT2D eigenvalue weighted by Crippen LogP contribution is 2.49. The third-order valence-corrected chi connectivity index (χ3v) is 14.5. The summed E-state index contributed by atoms with van der Waals surface area (Å²) >= 11 is 0. The van der Waals surface area contributed by atoms with Crippen molar-refractivity contribution in [3.05, 3.63) is 129 Å². The molecule has 0 saturated carbocycles. The number of rotatable bonds is 23. The molecular weight excluding hydrogens is 1060 g/mol. The van der Waals surface area contributed by atoms with Gasteiger partial charge in [-0.25, -0.2) is 9.97 Å². The van der Waals surface area contributed by atoms with Crippen LogP contribution in [0.15, 0.2) is 101 Å². The first-order valence-corrected chi connectivity index (χ1v) is 26.8. The highest BCUT2D eigenvalue weighted by atomic mass is 31.2. The van der Waals surface area contributed by atoms with E-state index in [1.165, 1.54) is 24.1 Å². The van der Waals surface area contributed by atoms with Gasteiger partial charge in [-0.3, -0.25) is 53.7 Å². The Morgan fingerprint density at radius 2 is 1.21 bits per heavy atom. The predicted molar refractivity (Wildman–Crippen MR) is 288 cm³/mol. The molecule has 2 aliphatic heterocycles. The number of H-pyrrole nitrogens is 2. The van der Waals surface area contributed by atoms with Crippen molar-refractivity contribution in [1.29, 1.82) is 5.26 Å². The van der Waals surface area contributed by atoms with Gasteiger partial charge in [0.15, 0.2) is 22.3 Å². The molecular formula is C54H60N11O14P. The molecule has 80 heavy (non-hydrogen) atoms. The zero-order valence-corrected chi connectivity index (χ0v) is 45.7. The Balaban J connectivity index is 1.05. The highest BCUT2D eigenvalue weighted by Gasteiger charge is 2.46. The lowest BCUT2D eigenvalue weighted by atomic mass is 9.80. The molecule has 1 unspecified atom stereocenters. The molecule has 2 aliphatic rings. The van der Waals surface area contributed by atoms with E-state index in [4.69, 9.17) is 42.0 Å². The fraction of sp³-hybridized carbons (Fsp3) is 0.407. The van der Waals surface area contributed by atoms with Gasteiger partial charge in [-0.15, -0.1) is 0 Å². The molecule has 4 N–H and O–H groups in total. The molecule has 2 saturated heterocycles. The number of nitriles is 1. The van der Waals surface area contributed by atoms with Crippen molar-refractivity contribution in [2.75, 3.05) is 44.7 Å². The van der Waals surface area contributed by atoms with Crippen molar-refractivity contribution in [3.8, 4) is 17.6 Å². The second-order valence-corrected chi connectivity index (χ2v) is 20.5. The number of aromatic nitrogens is 8. The summed E-state index contributed by atoms with van der Waals surface area (Å²) in [4.78, 5) is 87.2. The normalized spacial score (nSPS) is 19.6. The van der Waals surface area contributed by atoms with Crippen molar-refractivity contribution < 1.29 is 56.4 Å². The summed E-state index contributed by atoms with van der Waals surface area (Å²) < 4.78 is 60.1. The molecule has 7 atom stereocenters. The Hall–Kier alpha value is -7.95. The SMILES string of the molecule is COc1ccc(C(OC[C@H]2O[C@@H](n3cnc4c(=O)[nH]c(NC(=O)C(C)C)nc43)C[C@@H]2OP(OCCC#N)OC[C@H]2O[C@@H](n3cnc4c(=O)[nH]c(NC(=O)C(C)C)nc43)C[C@@H]2OC(C)=O)(c2ccccc2)c2ccc(OC)cc2)cc1. The molecule has 3 aromatic carbocycles. The van der Waals surface area contributed by atoms with Gasteiger partial charge >= 0.3 is 14.6 Å². The maximum atomic E-state index is 13.4. The molecule has 7 aromatic rings. The maximum absolute atomic E-state index is 13.4. The molecule has 4 aromatic heterocycles. The van der Waals surface area contributed by atoms with Gasteiger partial charge < -0.3 is 42.0 Å². The molecule has 6 heterocycles. The van der Waals surface area contributed by atoms with Crippen LogP contribution in [-0.2, 0) is 52.5 Å². The number of amides is 2. The number of imidazole rings is 2. The lowest BCUT2D eigenvalue weighted by molar-refractivity contribution is -0.150. The van der Waals surface area contributed by atoms with Crippen molar-refractivity contribution in [2.24, 2.45) is 11.8 Å². The fourth-order valence-electron chi connectivity index (χ4n) is 9.19. The van der Waals surface area contributed by atoms with Gasteiger partial charge in [0.25, 0.3) is 11.1 Å². The molecule has 9 rings (SSSR count). The van der Waals surface area contributed by atoms with E-state index in [1.54, 1.807) is 46.5 Å². The number of hydrogen-bond donors (Lipinski definition) is 4.